The van der Waals surface area contributed by atoms with Gasteiger partial charge >= 0.3 is 43.5 Å². The van der Waals surface area contributed by atoms with Crippen LogP contribution in [0.15, 0.2) is 30.3 Å². The maximum Gasteiger partial charge on any atom is 0.500 e. The summed E-state index contributed by atoms with van der Waals surface area (Å²) < 4.78 is 84.2. The van der Waals surface area contributed by atoms with Gasteiger partial charge in [0, 0.05) is 77.6 Å². The van der Waals surface area contributed by atoms with Crippen LogP contribution in [0.3, 0.4) is 0 Å². The Bertz CT molecular complexity index is 1070. The third-order valence-electron chi connectivity index (χ3n) is 8.86. The van der Waals surface area contributed by atoms with E-state index in [1.54, 1.807) is 0 Å². The Hall–Kier alpha value is 0.218. The molecular formula is C36H80O13Si7. The first-order chi connectivity index (χ1) is 26.7. The van der Waals surface area contributed by atoms with Crippen molar-refractivity contribution in [3.63, 3.8) is 0 Å². The van der Waals surface area contributed by atoms with Gasteiger partial charge in [-0.05, 0) is 125 Å². The lowest BCUT2D eigenvalue weighted by Crippen LogP contribution is -2.57. The maximum absolute atomic E-state index is 7.44. The average molecular weight is 918 g/mol. The molecule has 1 aromatic carbocycles. The molecule has 0 aliphatic rings. The van der Waals surface area contributed by atoms with E-state index in [0.717, 1.165) is 18.5 Å². The van der Waals surface area contributed by atoms with E-state index in [-0.39, 0.29) is 0 Å². The van der Waals surface area contributed by atoms with E-state index in [2.05, 4.69) is 50.5 Å². The van der Waals surface area contributed by atoms with Gasteiger partial charge in [-0.25, -0.2) is 0 Å². The Morgan fingerprint density at radius 2 is 0.821 bits per heavy atom. The molecule has 1 aromatic rings. The smallest absolute Gasteiger partial charge is 0.439 e. The van der Waals surface area contributed by atoms with Crippen LogP contribution in [0, 0.1) is 0 Å². The first-order valence-corrected chi connectivity index (χ1v) is 37.0. The van der Waals surface area contributed by atoms with E-state index in [1.165, 1.54) is 5.56 Å². The molecular weight excluding hydrogens is 837 g/mol. The molecule has 330 valence electrons. The third-order valence-corrected chi connectivity index (χ3v) is 32.3. The molecule has 20 heteroatoms. The van der Waals surface area contributed by atoms with Crippen molar-refractivity contribution >= 4 is 61.6 Å². The lowest BCUT2D eigenvalue weighted by Gasteiger charge is -2.40. The molecule has 13 nitrogen and oxygen atoms in total. The van der Waals surface area contributed by atoms with Gasteiger partial charge in [-0.3, -0.25) is 9.15 Å². The third kappa shape index (κ3) is 20.7. The molecule has 4 atom stereocenters. The highest BCUT2D eigenvalue weighted by Gasteiger charge is 2.52. The molecule has 0 aliphatic carbocycles. The van der Waals surface area contributed by atoms with Gasteiger partial charge < -0.3 is 48.1 Å². The minimum atomic E-state index is -3.18. The molecule has 0 heterocycles. The van der Waals surface area contributed by atoms with Crippen molar-refractivity contribution in [1.82, 2.24) is 0 Å². The molecule has 0 aromatic heterocycles. The van der Waals surface area contributed by atoms with Crippen LogP contribution < -0.4 is 0 Å². The lowest BCUT2D eigenvalue weighted by molar-refractivity contribution is -0.135. The second kappa shape index (κ2) is 29.5. The summed E-state index contributed by atoms with van der Waals surface area (Å²) in [7, 11) is -18.9. The van der Waals surface area contributed by atoms with Gasteiger partial charge in [-0.15, -0.1) is 0 Å². The fourth-order valence-corrected chi connectivity index (χ4v) is 33.7. The van der Waals surface area contributed by atoms with E-state index in [1.807, 2.05) is 68.4 Å². The quantitative estimate of drug-likeness (QED) is 0.0363. The largest absolute Gasteiger partial charge is 0.500 e. The fourth-order valence-electron chi connectivity index (χ4n) is 6.58. The van der Waals surface area contributed by atoms with Crippen LogP contribution >= 0.6 is 0 Å². The summed E-state index contributed by atoms with van der Waals surface area (Å²) in [6.45, 7) is 31.0. The summed E-state index contributed by atoms with van der Waals surface area (Å²) in [4.78, 5) is 0. The minimum Gasteiger partial charge on any atom is -0.439 e. The molecule has 0 spiro atoms. The molecule has 0 aliphatic heterocycles. The van der Waals surface area contributed by atoms with Crippen LogP contribution in [0.1, 0.15) is 67.9 Å². The SMILES string of the molecule is CCO[Si](CC[SiH](C)O[Si](C)(CC[Si](OCC)(OCC)OCC)O[Si](C)(CC[Si](OCC)(OCC)OCC)OO[SiH](C)CCc1ccccc1)(OCC)OCC. The van der Waals surface area contributed by atoms with Gasteiger partial charge in [0.15, 0.2) is 9.04 Å². The van der Waals surface area contributed by atoms with E-state index in [4.69, 9.17) is 57.2 Å². The summed E-state index contributed by atoms with van der Waals surface area (Å²) in [6.07, 6.45) is 0.930. The summed E-state index contributed by atoms with van der Waals surface area (Å²) in [5, 5.41) is 0. The predicted octanol–water partition coefficient (Wildman–Crippen LogP) is 8.21. The molecule has 0 saturated carbocycles. The Labute approximate surface area is 349 Å². The highest BCUT2D eigenvalue weighted by Crippen LogP contribution is 2.34. The van der Waals surface area contributed by atoms with E-state index in [9.17, 15) is 0 Å². The van der Waals surface area contributed by atoms with Crippen molar-refractivity contribution in [3.05, 3.63) is 35.9 Å². The normalized spacial score (nSPS) is 16.1. The monoisotopic (exact) mass is 916 g/mol. The molecule has 4 unspecified atom stereocenters. The van der Waals surface area contributed by atoms with Crippen LogP contribution in [0.2, 0.25) is 68.5 Å². The van der Waals surface area contributed by atoms with Crippen LogP contribution in [0.25, 0.3) is 0 Å². The topological polar surface area (TPSA) is 120 Å². The molecule has 0 amide bonds. The molecule has 1 rings (SSSR count). The van der Waals surface area contributed by atoms with Crippen LogP contribution in [-0.4, -0.2) is 121 Å². The van der Waals surface area contributed by atoms with E-state index >= 15 is 0 Å². The fraction of sp³-hybridized carbons (Fsp3) is 0.833. The number of hydrogen-bond acceptors (Lipinski definition) is 13. The molecule has 0 radical (unpaired) electrons. The molecule has 0 bridgehead atoms. The lowest BCUT2D eigenvalue weighted by atomic mass is 10.2. The number of rotatable bonds is 37. The average Bonchev–Trinajstić information content (AvgIpc) is 3.15. The van der Waals surface area contributed by atoms with E-state index in [0.29, 0.717) is 89.7 Å². The number of benzene rings is 1. The Morgan fingerprint density at radius 1 is 0.446 bits per heavy atom. The first-order valence-electron chi connectivity index (χ1n) is 21.3. The summed E-state index contributed by atoms with van der Waals surface area (Å²) in [5.41, 5.74) is 1.29. The maximum atomic E-state index is 7.44. The minimum absolute atomic E-state index is 0.486. The standard InChI is InChI=1S/C36H80O13Si7/c1-14-37-54(38-15-2,39-16-3)31-30-51(11)48-53(13,33-35-56(43-20-7,44-21-8)45-22-9)49-52(12,32-34-55(40-17-4,41-18-5)42-19-6)47-46-50(10)29-28-36-26-24-23-25-27-36/h23-27,50-51H,14-22,28-35H2,1-13H3. The highest BCUT2D eigenvalue weighted by molar-refractivity contribution is 6.84. The Balaban J connectivity index is 3.60. The van der Waals surface area contributed by atoms with Crippen molar-refractivity contribution in [2.45, 2.75) is 137 Å². The second-order valence-corrected chi connectivity index (χ2v) is 34.0. The predicted molar refractivity (Wildman–Crippen MR) is 239 cm³/mol. The second-order valence-electron chi connectivity index (χ2n) is 13.8. The van der Waals surface area contributed by atoms with Crippen LogP contribution in [0.4, 0.5) is 0 Å². The Kier molecular flexibility index (Phi) is 28.5. The van der Waals surface area contributed by atoms with Crippen molar-refractivity contribution in [2.24, 2.45) is 0 Å². The summed E-state index contributed by atoms with van der Waals surface area (Å²) >= 11 is 0. The van der Waals surface area contributed by atoms with Crippen molar-refractivity contribution in [2.75, 3.05) is 59.5 Å². The van der Waals surface area contributed by atoms with Crippen LogP contribution in [-0.2, 0) is 63.6 Å². The van der Waals surface area contributed by atoms with Gasteiger partial charge in [-0.1, -0.05) is 30.3 Å². The van der Waals surface area contributed by atoms with Gasteiger partial charge in [0.1, 0.15) is 0 Å². The van der Waals surface area contributed by atoms with Gasteiger partial charge in [0.25, 0.3) is 0 Å². The zero-order valence-electron chi connectivity index (χ0n) is 37.4. The van der Waals surface area contributed by atoms with Gasteiger partial charge in [0.2, 0.25) is 9.04 Å². The molecule has 0 saturated heterocycles. The summed E-state index contributed by atoms with van der Waals surface area (Å²) in [6, 6.07) is 15.1. The number of hydrogen-bond donors (Lipinski definition) is 0. The van der Waals surface area contributed by atoms with Gasteiger partial charge in [-0.2, -0.15) is 0 Å². The van der Waals surface area contributed by atoms with Crippen molar-refractivity contribution < 1.29 is 57.2 Å². The molecule has 0 N–H and O–H groups in total. The zero-order valence-corrected chi connectivity index (χ0v) is 44.7. The van der Waals surface area contributed by atoms with Gasteiger partial charge in [0.05, 0.1) is 0 Å². The molecule has 0 fully saturated rings. The first kappa shape index (κ1) is 54.2. The zero-order chi connectivity index (χ0) is 42.0. The van der Waals surface area contributed by atoms with E-state index < -0.39 is 61.6 Å². The summed E-state index contributed by atoms with van der Waals surface area (Å²) in [5.74, 6) is 0. The highest BCUT2D eigenvalue weighted by atomic mass is 28.5. The number of aryl methyl sites for hydroxylation is 1. The van der Waals surface area contributed by atoms with Crippen LogP contribution in [0.5, 0.6) is 0 Å². The van der Waals surface area contributed by atoms with Crippen molar-refractivity contribution in [1.29, 1.82) is 0 Å². The molecule has 56 heavy (non-hydrogen) atoms. The van der Waals surface area contributed by atoms with Crippen molar-refractivity contribution in [3.8, 4) is 0 Å². The Morgan fingerprint density at radius 3 is 1.21 bits per heavy atom.